The maximum Gasteiger partial charge on any atom is 0.316 e. The van der Waals surface area contributed by atoms with Crippen molar-refractivity contribution in [3.8, 4) is 0 Å². The Morgan fingerprint density at radius 1 is 1.46 bits per heavy atom. The van der Waals surface area contributed by atoms with Crippen LogP contribution in [0.3, 0.4) is 0 Å². The molecule has 0 fully saturated rings. The third-order valence-electron chi connectivity index (χ3n) is 1.38. The number of rotatable bonds is 6. The minimum Gasteiger partial charge on any atom is -0.394 e. The summed E-state index contributed by atoms with van der Waals surface area (Å²) in [4.78, 5) is 12.4. The van der Waals surface area contributed by atoms with Gasteiger partial charge < -0.3 is 20.1 Å². The van der Waals surface area contributed by atoms with Gasteiger partial charge in [-0.15, -0.1) is 0 Å². The summed E-state index contributed by atoms with van der Waals surface area (Å²) in [6, 6.07) is -0.0952. The number of hydrogen-bond donors (Lipinski definition) is 2. The Balaban J connectivity index is 3.12. The van der Waals surface area contributed by atoms with Crippen molar-refractivity contribution in [3.05, 3.63) is 0 Å². The number of carbonyl (C=O) groups is 1. The minimum absolute atomic E-state index is 0.0457. The van der Waals surface area contributed by atoms with Crippen molar-refractivity contribution in [2.45, 2.75) is 6.42 Å². The molecule has 0 aliphatic rings. The highest BCUT2D eigenvalue weighted by Crippen LogP contribution is 1.82. The molecule has 0 unspecified atom stereocenters. The summed E-state index contributed by atoms with van der Waals surface area (Å²) in [6.07, 6.45) is 0.763. The molecule has 5 heteroatoms. The molecule has 0 aromatic rings. The molecule has 0 aliphatic carbocycles. The highest BCUT2D eigenvalue weighted by Gasteiger charge is 2.00. The van der Waals surface area contributed by atoms with Crippen molar-refractivity contribution in [3.63, 3.8) is 0 Å². The number of urea groups is 1. The second-order valence-corrected chi connectivity index (χ2v) is 2.82. The van der Waals surface area contributed by atoms with E-state index in [1.165, 1.54) is 4.90 Å². The van der Waals surface area contributed by atoms with Gasteiger partial charge in [0.1, 0.15) is 0 Å². The van der Waals surface area contributed by atoms with Gasteiger partial charge in [-0.2, -0.15) is 0 Å². The van der Waals surface area contributed by atoms with E-state index in [0.29, 0.717) is 19.8 Å². The summed E-state index contributed by atoms with van der Waals surface area (Å²) in [7, 11) is 3.38. The summed E-state index contributed by atoms with van der Waals surface area (Å²) >= 11 is 0. The zero-order valence-corrected chi connectivity index (χ0v) is 8.25. The van der Waals surface area contributed by atoms with Crippen LogP contribution in [0, 0.1) is 0 Å². The molecule has 0 aromatic heterocycles. The predicted octanol–water partition coefficient (Wildman–Crippen LogP) is -0.343. The van der Waals surface area contributed by atoms with E-state index in [2.05, 4.69) is 5.32 Å². The number of ether oxygens (including phenoxy) is 1. The quantitative estimate of drug-likeness (QED) is 0.563. The van der Waals surface area contributed by atoms with E-state index >= 15 is 0 Å². The lowest BCUT2D eigenvalue weighted by Gasteiger charge is -2.11. The molecule has 78 valence electrons. The molecule has 0 radical (unpaired) electrons. The van der Waals surface area contributed by atoms with Gasteiger partial charge in [0.25, 0.3) is 0 Å². The maximum absolute atomic E-state index is 11.0. The van der Waals surface area contributed by atoms with Crippen molar-refractivity contribution in [2.24, 2.45) is 0 Å². The van der Waals surface area contributed by atoms with Crippen LogP contribution in [-0.4, -0.2) is 56.5 Å². The average molecular weight is 190 g/mol. The molecule has 0 aliphatic heterocycles. The first kappa shape index (κ1) is 12.2. The van der Waals surface area contributed by atoms with Crippen LogP contribution in [0.4, 0.5) is 4.79 Å². The summed E-state index contributed by atoms with van der Waals surface area (Å²) < 4.78 is 5.01. The molecule has 0 atom stereocenters. The molecule has 0 rings (SSSR count). The van der Waals surface area contributed by atoms with E-state index in [-0.39, 0.29) is 12.6 Å². The van der Waals surface area contributed by atoms with Gasteiger partial charge in [-0.05, 0) is 6.42 Å². The third kappa shape index (κ3) is 7.55. The first-order valence-electron chi connectivity index (χ1n) is 4.32. The highest BCUT2D eigenvalue weighted by atomic mass is 16.5. The normalized spacial score (nSPS) is 9.77. The predicted molar refractivity (Wildman–Crippen MR) is 49.6 cm³/mol. The van der Waals surface area contributed by atoms with Crippen molar-refractivity contribution < 1.29 is 14.6 Å². The molecular weight excluding hydrogens is 172 g/mol. The van der Waals surface area contributed by atoms with Gasteiger partial charge >= 0.3 is 6.03 Å². The first-order chi connectivity index (χ1) is 6.18. The Morgan fingerprint density at radius 2 is 2.15 bits per heavy atom. The van der Waals surface area contributed by atoms with E-state index in [0.717, 1.165) is 6.42 Å². The minimum atomic E-state index is -0.0952. The third-order valence-corrected chi connectivity index (χ3v) is 1.38. The molecule has 0 bridgehead atoms. The highest BCUT2D eigenvalue weighted by molar-refractivity contribution is 5.73. The number of hydrogen-bond acceptors (Lipinski definition) is 3. The number of aliphatic hydroxyl groups excluding tert-OH is 1. The van der Waals surface area contributed by atoms with Crippen molar-refractivity contribution >= 4 is 6.03 Å². The van der Waals surface area contributed by atoms with Crippen LogP contribution in [0.15, 0.2) is 0 Å². The van der Waals surface area contributed by atoms with E-state index in [4.69, 9.17) is 9.84 Å². The van der Waals surface area contributed by atoms with Gasteiger partial charge in [-0.1, -0.05) is 0 Å². The lowest BCUT2D eigenvalue weighted by molar-refractivity contribution is 0.0908. The Labute approximate surface area is 78.7 Å². The lowest BCUT2D eigenvalue weighted by Crippen LogP contribution is -2.35. The largest absolute Gasteiger partial charge is 0.394 e. The van der Waals surface area contributed by atoms with Crippen LogP contribution in [-0.2, 0) is 4.74 Å². The monoisotopic (exact) mass is 190 g/mol. The summed E-state index contributed by atoms with van der Waals surface area (Å²) in [5, 5.41) is 11.1. The maximum atomic E-state index is 11.0. The summed E-state index contributed by atoms with van der Waals surface area (Å²) in [6.45, 7) is 1.57. The van der Waals surface area contributed by atoms with Crippen LogP contribution in [0.25, 0.3) is 0 Å². The summed E-state index contributed by atoms with van der Waals surface area (Å²) in [5.74, 6) is 0. The van der Waals surface area contributed by atoms with Crippen LogP contribution in [0.1, 0.15) is 6.42 Å². The van der Waals surface area contributed by atoms with Gasteiger partial charge in [-0.3, -0.25) is 0 Å². The molecule has 0 spiro atoms. The first-order valence-corrected chi connectivity index (χ1v) is 4.32. The Bertz CT molecular complexity index is 139. The zero-order chi connectivity index (χ0) is 10.1. The van der Waals surface area contributed by atoms with Gasteiger partial charge in [0.05, 0.1) is 13.2 Å². The molecule has 2 N–H and O–H groups in total. The molecule has 0 heterocycles. The van der Waals surface area contributed by atoms with E-state index in [9.17, 15) is 4.79 Å². The lowest BCUT2D eigenvalue weighted by atomic mass is 10.4. The van der Waals surface area contributed by atoms with Gasteiger partial charge in [0.15, 0.2) is 0 Å². The van der Waals surface area contributed by atoms with Gasteiger partial charge in [-0.25, -0.2) is 4.79 Å². The topological polar surface area (TPSA) is 61.8 Å². The Morgan fingerprint density at radius 3 is 2.69 bits per heavy atom. The molecule has 0 saturated carbocycles. The van der Waals surface area contributed by atoms with Crippen LogP contribution < -0.4 is 5.32 Å². The average Bonchev–Trinajstić information content (AvgIpc) is 2.10. The van der Waals surface area contributed by atoms with Crippen molar-refractivity contribution in [1.29, 1.82) is 0 Å². The molecule has 0 aromatic carbocycles. The summed E-state index contributed by atoms with van der Waals surface area (Å²) in [5.41, 5.74) is 0. The molecule has 13 heavy (non-hydrogen) atoms. The van der Waals surface area contributed by atoms with Gasteiger partial charge in [0, 0.05) is 27.2 Å². The van der Waals surface area contributed by atoms with E-state index < -0.39 is 0 Å². The second-order valence-electron chi connectivity index (χ2n) is 2.82. The second kappa shape index (κ2) is 7.82. The van der Waals surface area contributed by atoms with Crippen molar-refractivity contribution in [1.82, 2.24) is 10.2 Å². The fourth-order valence-electron chi connectivity index (χ4n) is 0.694. The standard InChI is InChI=1S/C8H18N2O3/c1-10(2)8(12)9-4-3-6-13-7-5-11/h11H,3-7H2,1-2H3,(H,9,12). The van der Waals surface area contributed by atoms with E-state index in [1.807, 2.05) is 0 Å². The fourth-order valence-corrected chi connectivity index (χ4v) is 0.694. The number of nitrogens with one attached hydrogen (secondary N) is 1. The number of nitrogens with zero attached hydrogens (tertiary/aromatic N) is 1. The fraction of sp³-hybridized carbons (Fsp3) is 0.875. The smallest absolute Gasteiger partial charge is 0.316 e. The van der Waals surface area contributed by atoms with Crippen LogP contribution >= 0.6 is 0 Å². The SMILES string of the molecule is CN(C)C(=O)NCCCOCCO. The van der Waals surface area contributed by atoms with Gasteiger partial charge in [0.2, 0.25) is 0 Å². The van der Waals surface area contributed by atoms with Crippen LogP contribution in [0.2, 0.25) is 0 Å². The Hall–Kier alpha value is -0.810. The number of carbonyl (C=O) groups excluding carboxylic acids is 1. The zero-order valence-electron chi connectivity index (χ0n) is 8.25. The number of aliphatic hydroxyl groups is 1. The molecule has 2 amide bonds. The molecular formula is C8H18N2O3. The van der Waals surface area contributed by atoms with Crippen LogP contribution in [0.5, 0.6) is 0 Å². The number of amides is 2. The molecule has 5 nitrogen and oxygen atoms in total. The van der Waals surface area contributed by atoms with E-state index in [1.54, 1.807) is 14.1 Å². The molecule has 0 saturated heterocycles. The van der Waals surface area contributed by atoms with Crippen molar-refractivity contribution in [2.75, 3.05) is 40.5 Å². The Kier molecular flexibility index (Phi) is 7.33.